The SMILES string of the molecule is CN1CCN(c2cc(N[C@@H]3CC(Cn4cccn4)C[C@H]3O)ncn2)CC1=O. The molecular weight excluding hydrogens is 346 g/mol. The molecular formula is C18H25N7O2. The third-order valence-electron chi connectivity index (χ3n) is 5.40. The number of carbonyl (C=O) groups excluding carboxylic acids is 1. The number of hydrogen-bond acceptors (Lipinski definition) is 7. The van der Waals surface area contributed by atoms with Crippen LogP contribution in [-0.4, -0.2) is 74.5 Å². The number of likely N-dealkylation sites (N-methyl/N-ethyl adjacent to an activating group) is 1. The Balaban J connectivity index is 1.39. The van der Waals surface area contributed by atoms with Gasteiger partial charge in [0.05, 0.1) is 18.7 Å². The van der Waals surface area contributed by atoms with Gasteiger partial charge < -0.3 is 20.2 Å². The fourth-order valence-corrected chi connectivity index (χ4v) is 3.84. The number of rotatable bonds is 5. The summed E-state index contributed by atoms with van der Waals surface area (Å²) in [5.41, 5.74) is 0. The van der Waals surface area contributed by atoms with Crippen molar-refractivity contribution in [2.75, 3.05) is 36.9 Å². The first-order chi connectivity index (χ1) is 13.1. The van der Waals surface area contributed by atoms with E-state index >= 15 is 0 Å². The smallest absolute Gasteiger partial charge is 0.241 e. The molecule has 1 aliphatic carbocycles. The van der Waals surface area contributed by atoms with E-state index in [0.29, 0.717) is 24.8 Å². The summed E-state index contributed by atoms with van der Waals surface area (Å²) < 4.78 is 1.91. The summed E-state index contributed by atoms with van der Waals surface area (Å²) in [6.45, 7) is 2.56. The highest BCUT2D eigenvalue weighted by Crippen LogP contribution is 2.30. The lowest BCUT2D eigenvalue weighted by atomic mass is 10.1. The molecule has 2 N–H and O–H groups in total. The number of carbonyl (C=O) groups is 1. The molecule has 1 amide bonds. The molecule has 0 bridgehead atoms. The number of anilines is 2. The Hall–Kier alpha value is -2.68. The van der Waals surface area contributed by atoms with Gasteiger partial charge in [0.1, 0.15) is 18.0 Å². The van der Waals surface area contributed by atoms with E-state index in [9.17, 15) is 9.90 Å². The molecule has 1 unspecified atom stereocenters. The number of nitrogens with one attached hydrogen (secondary N) is 1. The third kappa shape index (κ3) is 4.02. The lowest BCUT2D eigenvalue weighted by molar-refractivity contribution is -0.129. The Morgan fingerprint density at radius 1 is 1.30 bits per heavy atom. The second kappa shape index (κ2) is 7.51. The number of amides is 1. The molecule has 1 aliphatic heterocycles. The molecule has 2 aromatic rings. The lowest BCUT2D eigenvalue weighted by Gasteiger charge is -2.32. The van der Waals surface area contributed by atoms with Crippen LogP contribution in [0.4, 0.5) is 11.6 Å². The molecule has 0 spiro atoms. The van der Waals surface area contributed by atoms with Crippen LogP contribution in [0.3, 0.4) is 0 Å². The molecule has 3 heterocycles. The van der Waals surface area contributed by atoms with Crippen LogP contribution >= 0.6 is 0 Å². The maximum Gasteiger partial charge on any atom is 0.241 e. The van der Waals surface area contributed by atoms with E-state index in [-0.39, 0.29) is 11.9 Å². The summed E-state index contributed by atoms with van der Waals surface area (Å²) >= 11 is 0. The maximum absolute atomic E-state index is 11.9. The van der Waals surface area contributed by atoms with Gasteiger partial charge in [-0.1, -0.05) is 0 Å². The highest BCUT2D eigenvalue weighted by Gasteiger charge is 2.33. The summed E-state index contributed by atoms with van der Waals surface area (Å²) in [5, 5.41) is 18.0. The lowest BCUT2D eigenvalue weighted by Crippen LogP contribution is -2.48. The van der Waals surface area contributed by atoms with Crippen molar-refractivity contribution >= 4 is 17.5 Å². The molecule has 9 nitrogen and oxygen atoms in total. The Labute approximate surface area is 158 Å². The van der Waals surface area contributed by atoms with Crippen LogP contribution in [0.1, 0.15) is 12.8 Å². The van der Waals surface area contributed by atoms with Crippen molar-refractivity contribution in [1.29, 1.82) is 0 Å². The van der Waals surface area contributed by atoms with Gasteiger partial charge in [-0.15, -0.1) is 0 Å². The standard InChI is InChI=1S/C18H25N7O2/c1-23-5-6-24(11-18(23)27)17-9-16(19-12-20-17)22-14-7-13(8-15(14)26)10-25-4-2-3-21-25/h2-4,9,12-15,26H,5-8,10-11H2,1H3,(H,19,20,22)/t13?,14-,15-/m1/s1. The molecule has 1 saturated carbocycles. The van der Waals surface area contributed by atoms with Crippen LogP contribution in [0.15, 0.2) is 30.9 Å². The van der Waals surface area contributed by atoms with Gasteiger partial charge in [0, 0.05) is 45.1 Å². The first-order valence-electron chi connectivity index (χ1n) is 9.31. The molecule has 0 radical (unpaired) electrons. The molecule has 0 aromatic carbocycles. The predicted molar refractivity (Wildman–Crippen MR) is 100 cm³/mol. The number of aromatic nitrogens is 4. The molecule has 144 valence electrons. The van der Waals surface area contributed by atoms with Crippen molar-refractivity contribution in [2.45, 2.75) is 31.5 Å². The van der Waals surface area contributed by atoms with Crippen LogP contribution in [-0.2, 0) is 11.3 Å². The van der Waals surface area contributed by atoms with Crippen molar-refractivity contribution in [3.05, 3.63) is 30.9 Å². The van der Waals surface area contributed by atoms with E-state index in [1.165, 1.54) is 6.33 Å². The fraction of sp³-hybridized carbons (Fsp3) is 0.556. The molecule has 3 atom stereocenters. The largest absolute Gasteiger partial charge is 0.391 e. The van der Waals surface area contributed by atoms with Crippen molar-refractivity contribution in [2.24, 2.45) is 5.92 Å². The summed E-state index contributed by atoms with van der Waals surface area (Å²) in [7, 11) is 1.81. The molecule has 1 saturated heterocycles. The minimum absolute atomic E-state index is 0.0533. The molecule has 9 heteroatoms. The normalized spacial score (nSPS) is 25.9. The zero-order valence-electron chi connectivity index (χ0n) is 15.4. The van der Waals surface area contributed by atoms with E-state index in [2.05, 4.69) is 20.4 Å². The summed E-state index contributed by atoms with van der Waals surface area (Å²) in [4.78, 5) is 24.2. The molecule has 2 aliphatic rings. The van der Waals surface area contributed by atoms with E-state index in [1.807, 2.05) is 35.0 Å². The average Bonchev–Trinajstić information content (AvgIpc) is 3.28. The topological polar surface area (TPSA) is 99.4 Å². The minimum Gasteiger partial charge on any atom is -0.391 e. The maximum atomic E-state index is 11.9. The first kappa shape index (κ1) is 17.7. The van der Waals surface area contributed by atoms with E-state index in [4.69, 9.17) is 0 Å². The fourth-order valence-electron chi connectivity index (χ4n) is 3.84. The Morgan fingerprint density at radius 2 is 2.19 bits per heavy atom. The van der Waals surface area contributed by atoms with Gasteiger partial charge in [0.2, 0.25) is 5.91 Å². The van der Waals surface area contributed by atoms with Crippen LogP contribution in [0.5, 0.6) is 0 Å². The van der Waals surface area contributed by atoms with Gasteiger partial charge in [-0.2, -0.15) is 5.10 Å². The summed E-state index contributed by atoms with van der Waals surface area (Å²) in [6.07, 6.45) is 6.39. The van der Waals surface area contributed by atoms with Crippen LogP contribution < -0.4 is 10.2 Å². The molecule has 2 fully saturated rings. The number of nitrogens with zero attached hydrogens (tertiary/aromatic N) is 6. The number of aliphatic hydroxyl groups is 1. The van der Waals surface area contributed by atoms with Gasteiger partial charge in [0.25, 0.3) is 0 Å². The van der Waals surface area contributed by atoms with Gasteiger partial charge in [0.15, 0.2) is 0 Å². The zero-order valence-corrected chi connectivity index (χ0v) is 15.4. The number of aliphatic hydroxyl groups excluding tert-OH is 1. The summed E-state index contributed by atoms with van der Waals surface area (Å²) in [5.74, 6) is 1.86. The predicted octanol–water partition coefficient (Wildman–Crippen LogP) is 0.203. The number of piperazine rings is 1. The van der Waals surface area contributed by atoms with E-state index in [1.54, 1.807) is 11.1 Å². The average molecular weight is 371 g/mol. The van der Waals surface area contributed by atoms with Gasteiger partial charge in [-0.05, 0) is 24.8 Å². The Bertz CT molecular complexity index is 782. The second-order valence-corrected chi connectivity index (χ2v) is 7.38. The van der Waals surface area contributed by atoms with E-state index < -0.39 is 6.10 Å². The monoisotopic (exact) mass is 371 g/mol. The molecule has 4 rings (SSSR count). The molecule has 2 aromatic heterocycles. The Morgan fingerprint density at radius 3 is 2.96 bits per heavy atom. The van der Waals surface area contributed by atoms with Crippen LogP contribution in [0, 0.1) is 5.92 Å². The first-order valence-corrected chi connectivity index (χ1v) is 9.31. The van der Waals surface area contributed by atoms with Crippen molar-refractivity contribution in [3.8, 4) is 0 Å². The van der Waals surface area contributed by atoms with Crippen LogP contribution in [0.2, 0.25) is 0 Å². The quantitative estimate of drug-likeness (QED) is 0.775. The summed E-state index contributed by atoms with van der Waals surface area (Å²) in [6, 6.07) is 3.71. The van der Waals surface area contributed by atoms with Gasteiger partial charge >= 0.3 is 0 Å². The van der Waals surface area contributed by atoms with Gasteiger partial charge in [-0.3, -0.25) is 9.48 Å². The Kier molecular flexibility index (Phi) is 4.93. The third-order valence-corrected chi connectivity index (χ3v) is 5.40. The zero-order chi connectivity index (χ0) is 18.8. The van der Waals surface area contributed by atoms with Crippen molar-refractivity contribution in [3.63, 3.8) is 0 Å². The number of hydrogen-bond donors (Lipinski definition) is 2. The highest BCUT2D eigenvalue weighted by atomic mass is 16.3. The highest BCUT2D eigenvalue weighted by molar-refractivity contribution is 5.82. The van der Waals surface area contributed by atoms with Crippen molar-refractivity contribution in [1.82, 2.24) is 24.6 Å². The minimum atomic E-state index is -0.422. The molecule has 27 heavy (non-hydrogen) atoms. The second-order valence-electron chi connectivity index (χ2n) is 7.38. The van der Waals surface area contributed by atoms with Crippen LogP contribution in [0.25, 0.3) is 0 Å². The van der Waals surface area contributed by atoms with E-state index in [0.717, 1.165) is 31.7 Å². The van der Waals surface area contributed by atoms with Gasteiger partial charge in [-0.25, -0.2) is 9.97 Å². The van der Waals surface area contributed by atoms with Crippen molar-refractivity contribution < 1.29 is 9.90 Å².